The molecule has 2 rings (SSSR count). The van der Waals surface area contributed by atoms with E-state index in [-0.39, 0.29) is 35.3 Å². The fraction of sp³-hybridized carbons (Fsp3) is 0.154. The molecule has 1 aromatic carbocycles. The predicted octanol–water partition coefficient (Wildman–Crippen LogP) is -2.52. The van der Waals surface area contributed by atoms with Crippen molar-refractivity contribution in [3.63, 3.8) is 0 Å². The number of nitrogens with zero attached hydrogens (tertiary/aromatic N) is 3. The van der Waals surface area contributed by atoms with Gasteiger partial charge in [0.25, 0.3) is 0 Å². The van der Waals surface area contributed by atoms with Gasteiger partial charge in [0.1, 0.15) is 5.69 Å². The molecule has 1 aromatic heterocycles. The number of rotatable bonds is 4. The van der Waals surface area contributed by atoms with E-state index in [9.17, 15) is 9.90 Å². The molecular weight excluding hydrogens is 253 g/mol. The molecule has 0 saturated heterocycles. The molecule has 0 aliphatic carbocycles. The van der Waals surface area contributed by atoms with Crippen molar-refractivity contribution in [3.05, 3.63) is 54.0 Å². The first-order valence-electron chi connectivity index (χ1n) is 5.46. The molecule has 0 atom stereocenters. The molecule has 5 nitrogen and oxygen atoms in total. The number of hydrogen-bond acceptors (Lipinski definition) is 5. The molecule has 19 heavy (non-hydrogen) atoms. The molecule has 92 valence electrons. The van der Waals surface area contributed by atoms with E-state index in [1.54, 1.807) is 11.9 Å². The molecule has 0 spiro atoms. The summed E-state index contributed by atoms with van der Waals surface area (Å²) in [4.78, 5) is 20.5. The molecule has 0 bridgehead atoms. The zero-order chi connectivity index (χ0) is 13.0. The van der Waals surface area contributed by atoms with Gasteiger partial charge in [0.15, 0.2) is 5.82 Å². The molecular formula is C13H12N3NaO2. The molecule has 6 heteroatoms. The van der Waals surface area contributed by atoms with Crippen molar-refractivity contribution in [2.45, 2.75) is 6.54 Å². The first-order valence-corrected chi connectivity index (χ1v) is 5.46. The minimum Gasteiger partial charge on any atom is -0.543 e. The van der Waals surface area contributed by atoms with Gasteiger partial charge in [-0.05, 0) is 5.56 Å². The van der Waals surface area contributed by atoms with Crippen LogP contribution < -0.4 is 39.6 Å². The summed E-state index contributed by atoms with van der Waals surface area (Å²) in [6, 6.07) is 9.72. The third kappa shape index (κ3) is 4.02. The molecule has 0 saturated carbocycles. The van der Waals surface area contributed by atoms with Crippen molar-refractivity contribution in [2.24, 2.45) is 0 Å². The van der Waals surface area contributed by atoms with E-state index in [1.165, 1.54) is 12.4 Å². The van der Waals surface area contributed by atoms with Crippen LogP contribution in [0.4, 0.5) is 5.82 Å². The van der Waals surface area contributed by atoms with Crippen LogP contribution in [0, 0.1) is 0 Å². The normalized spacial score (nSPS) is 9.53. The second-order valence-electron chi connectivity index (χ2n) is 3.86. The van der Waals surface area contributed by atoms with Gasteiger partial charge in [-0.1, -0.05) is 30.3 Å². The van der Waals surface area contributed by atoms with Crippen molar-refractivity contribution in [3.8, 4) is 0 Å². The molecule has 0 fully saturated rings. The molecule has 2 aromatic rings. The summed E-state index contributed by atoms with van der Waals surface area (Å²) in [5, 5.41) is 10.9. The molecule has 0 aliphatic heterocycles. The van der Waals surface area contributed by atoms with E-state index in [1.807, 2.05) is 30.3 Å². The molecule has 0 N–H and O–H groups in total. The Hall–Kier alpha value is -1.43. The Morgan fingerprint density at radius 3 is 2.47 bits per heavy atom. The Bertz CT molecular complexity index is 549. The van der Waals surface area contributed by atoms with Gasteiger partial charge in [0.05, 0.1) is 5.97 Å². The minimum atomic E-state index is -1.32. The van der Waals surface area contributed by atoms with E-state index in [0.29, 0.717) is 12.4 Å². The van der Waals surface area contributed by atoms with E-state index < -0.39 is 5.97 Å². The van der Waals surface area contributed by atoms with E-state index in [4.69, 9.17) is 0 Å². The van der Waals surface area contributed by atoms with Crippen molar-refractivity contribution < 1.29 is 39.5 Å². The molecule has 1 heterocycles. The van der Waals surface area contributed by atoms with Crippen molar-refractivity contribution >= 4 is 11.8 Å². The first-order chi connectivity index (χ1) is 8.68. The van der Waals surface area contributed by atoms with Crippen LogP contribution in [0.15, 0.2) is 42.7 Å². The second-order valence-corrected chi connectivity index (χ2v) is 3.86. The van der Waals surface area contributed by atoms with Crippen molar-refractivity contribution in [1.82, 2.24) is 9.97 Å². The fourth-order valence-electron chi connectivity index (χ4n) is 1.69. The van der Waals surface area contributed by atoms with Gasteiger partial charge in [0.2, 0.25) is 0 Å². The summed E-state index contributed by atoms with van der Waals surface area (Å²) in [5.74, 6) is -1.01. The number of carboxylic acid groups (broad SMARTS) is 1. The second kappa shape index (κ2) is 7.23. The van der Waals surface area contributed by atoms with Crippen LogP contribution >= 0.6 is 0 Å². The van der Waals surface area contributed by atoms with Crippen LogP contribution in [-0.4, -0.2) is 23.0 Å². The summed E-state index contributed by atoms with van der Waals surface area (Å²) in [7, 11) is 1.77. The SMILES string of the molecule is CN(Cc1ccccc1)c1nccnc1C(=O)[O-].[Na+]. The van der Waals surface area contributed by atoms with Gasteiger partial charge >= 0.3 is 29.6 Å². The maximum atomic E-state index is 10.9. The molecule has 0 radical (unpaired) electrons. The van der Waals surface area contributed by atoms with Gasteiger partial charge in [-0.2, -0.15) is 0 Å². The average molecular weight is 265 g/mol. The quantitative estimate of drug-likeness (QED) is 0.571. The standard InChI is InChI=1S/C13H13N3O2.Na/c1-16(9-10-5-3-2-4-6-10)12-11(13(17)18)14-7-8-15-12;/h2-8H,9H2,1H3,(H,17,18);/q;+1/p-1. The summed E-state index contributed by atoms with van der Waals surface area (Å²) >= 11 is 0. The largest absolute Gasteiger partial charge is 1.00 e. The summed E-state index contributed by atoms with van der Waals surface area (Å²) in [6.45, 7) is 0.555. The smallest absolute Gasteiger partial charge is 0.543 e. The van der Waals surface area contributed by atoms with Gasteiger partial charge in [-0.25, -0.2) is 9.97 Å². The van der Waals surface area contributed by atoms with Crippen LogP contribution in [0.25, 0.3) is 0 Å². The van der Waals surface area contributed by atoms with Gasteiger partial charge in [-0.15, -0.1) is 0 Å². The Labute approximate surface area is 133 Å². The van der Waals surface area contributed by atoms with Crippen molar-refractivity contribution in [2.75, 3.05) is 11.9 Å². The number of carboxylic acids is 1. The van der Waals surface area contributed by atoms with Crippen molar-refractivity contribution in [1.29, 1.82) is 0 Å². The number of carbonyl (C=O) groups excluding carboxylic acids is 1. The Kier molecular flexibility index (Phi) is 5.95. The van der Waals surface area contributed by atoms with Crippen LogP contribution in [0.2, 0.25) is 0 Å². The third-order valence-corrected chi connectivity index (χ3v) is 2.50. The van der Waals surface area contributed by atoms with Crippen LogP contribution in [0.1, 0.15) is 16.1 Å². The Balaban J connectivity index is 0.00000180. The maximum absolute atomic E-state index is 10.9. The predicted molar refractivity (Wildman–Crippen MR) is 64.9 cm³/mol. The Morgan fingerprint density at radius 1 is 1.21 bits per heavy atom. The van der Waals surface area contributed by atoms with Crippen LogP contribution in [0.5, 0.6) is 0 Å². The molecule has 0 unspecified atom stereocenters. The number of carbonyl (C=O) groups is 1. The first kappa shape index (κ1) is 15.6. The third-order valence-electron chi connectivity index (χ3n) is 2.50. The zero-order valence-electron chi connectivity index (χ0n) is 10.9. The minimum absolute atomic E-state index is 0. The maximum Gasteiger partial charge on any atom is 1.00 e. The summed E-state index contributed by atoms with van der Waals surface area (Å²) in [5.41, 5.74) is 0.922. The fourth-order valence-corrected chi connectivity index (χ4v) is 1.69. The van der Waals surface area contributed by atoms with Crippen LogP contribution in [0.3, 0.4) is 0 Å². The molecule has 0 aliphatic rings. The number of anilines is 1. The van der Waals surface area contributed by atoms with Gasteiger partial charge < -0.3 is 14.8 Å². The topological polar surface area (TPSA) is 69.2 Å². The number of aromatic nitrogens is 2. The van der Waals surface area contributed by atoms with Crippen LogP contribution in [-0.2, 0) is 6.54 Å². The monoisotopic (exact) mass is 265 g/mol. The number of hydrogen-bond donors (Lipinski definition) is 0. The number of benzene rings is 1. The van der Waals surface area contributed by atoms with Gasteiger partial charge in [-0.3, -0.25) is 0 Å². The van der Waals surface area contributed by atoms with E-state index >= 15 is 0 Å². The van der Waals surface area contributed by atoms with Gasteiger partial charge in [0, 0.05) is 26.0 Å². The zero-order valence-corrected chi connectivity index (χ0v) is 12.9. The number of aromatic carboxylic acids is 1. The Morgan fingerprint density at radius 2 is 1.84 bits per heavy atom. The molecule has 0 amide bonds. The van der Waals surface area contributed by atoms with E-state index in [0.717, 1.165) is 5.56 Å². The summed E-state index contributed by atoms with van der Waals surface area (Å²) in [6.07, 6.45) is 2.80. The average Bonchev–Trinajstić information content (AvgIpc) is 2.40. The van der Waals surface area contributed by atoms with E-state index in [2.05, 4.69) is 9.97 Å². The summed E-state index contributed by atoms with van der Waals surface area (Å²) < 4.78 is 0.